The predicted molar refractivity (Wildman–Crippen MR) is 98.4 cm³/mol. The topological polar surface area (TPSA) is 57.5 Å². The lowest BCUT2D eigenvalue weighted by Crippen LogP contribution is -2.40. The zero-order chi connectivity index (χ0) is 16.9. The van der Waals surface area contributed by atoms with Crippen molar-refractivity contribution in [2.45, 2.75) is 52.1 Å². The van der Waals surface area contributed by atoms with Crippen molar-refractivity contribution in [1.29, 1.82) is 0 Å². The molecule has 0 aromatic carbocycles. The summed E-state index contributed by atoms with van der Waals surface area (Å²) in [5, 5.41) is 11.4. The van der Waals surface area contributed by atoms with Crippen LogP contribution in [0.4, 0.5) is 0 Å². The number of nitrogens with zero attached hydrogens (tertiary/aromatic N) is 4. The van der Waals surface area contributed by atoms with Gasteiger partial charge in [-0.1, -0.05) is 0 Å². The number of aromatic nitrogens is 2. The van der Waals surface area contributed by atoms with Crippen molar-refractivity contribution in [1.82, 2.24) is 25.3 Å². The van der Waals surface area contributed by atoms with Crippen LogP contribution >= 0.6 is 0 Å². The quantitative estimate of drug-likeness (QED) is 0.452. The minimum Gasteiger partial charge on any atom is -0.356 e. The molecule has 2 N–H and O–H groups in total. The van der Waals surface area contributed by atoms with E-state index in [1.807, 2.05) is 14.0 Å². The van der Waals surface area contributed by atoms with E-state index in [0.717, 1.165) is 49.7 Å². The average molecular weight is 332 g/mol. The summed E-state index contributed by atoms with van der Waals surface area (Å²) in [6.45, 7) is 9.58. The van der Waals surface area contributed by atoms with E-state index in [1.54, 1.807) is 0 Å². The fraction of sp³-hybridized carbons (Fsp3) is 0.778. The maximum absolute atomic E-state index is 4.50. The minimum absolute atomic E-state index is 0.763. The predicted octanol–water partition coefficient (Wildman–Crippen LogP) is 1.54. The van der Waals surface area contributed by atoms with Gasteiger partial charge in [-0.3, -0.25) is 9.67 Å². The number of guanidine groups is 1. The van der Waals surface area contributed by atoms with Gasteiger partial charge in [0.2, 0.25) is 0 Å². The fourth-order valence-electron chi connectivity index (χ4n) is 3.60. The lowest BCUT2D eigenvalue weighted by Gasteiger charge is -2.17. The average Bonchev–Trinajstić information content (AvgIpc) is 3.22. The second-order valence-electron chi connectivity index (χ2n) is 7.26. The summed E-state index contributed by atoms with van der Waals surface area (Å²) in [4.78, 5) is 7.00. The molecule has 6 heteroatoms. The first kappa shape index (κ1) is 17.3. The first-order chi connectivity index (χ1) is 11.7. The van der Waals surface area contributed by atoms with Crippen LogP contribution in [0.1, 0.15) is 37.1 Å². The van der Waals surface area contributed by atoms with Crippen molar-refractivity contribution in [3.63, 3.8) is 0 Å². The Morgan fingerprint density at radius 1 is 1.29 bits per heavy atom. The highest BCUT2D eigenvalue weighted by molar-refractivity contribution is 5.79. The summed E-state index contributed by atoms with van der Waals surface area (Å²) < 4.78 is 2.08. The number of aryl methyl sites for hydroxylation is 3. The van der Waals surface area contributed by atoms with E-state index < -0.39 is 0 Å². The van der Waals surface area contributed by atoms with Crippen LogP contribution in [0.5, 0.6) is 0 Å². The molecule has 1 saturated carbocycles. The molecule has 3 rings (SSSR count). The largest absolute Gasteiger partial charge is 0.356 e. The lowest BCUT2D eigenvalue weighted by molar-refractivity contribution is 0.314. The summed E-state index contributed by atoms with van der Waals surface area (Å²) in [5.74, 6) is 1.69. The van der Waals surface area contributed by atoms with Crippen molar-refractivity contribution in [2.75, 3.05) is 33.2 Å². The number of aliphatic imine (C=N–C) groups is 1. The molecule has 1 atom stereocenters. The zero-order valence-corrected chi connectivity index (χ0v) is 15.4. The van der Waals surface area contributed by atoms with Gasteiger partial charge in [-0.05, 0) is 58.1 Å². The van der Waals surface area contributed by atoms with Crippen LogP contribution in [0, 0.1) is 19.8 Å². The molecule has 2 fully saturated rings. The van der Waals surface area contributed by atoms with E-state index in [4.69, 9.17) is 0 Å². The van der Waals surface area contributed by atoms with E-state index in [9.17, 15) is 0 Å². The number of hydrogen-bond donors (Lipinski definition) is 2. The van der Waals surface area contributed by atoms with E-state index in [1.165, 1.54) is 38.0 Å². The Kier molecular flexibility index (Phi) is 5.76. The maximum Gasteiger partial charge on any atom is 0.190 e. The molecule has 0 spiro atoms. The first-order valence-electron chi connectivity index (χ1n) is 9.35. The molecule has 1 aliphatic carbocycles. The van der Waals surface area contributed by atoms with Crippen molar-refractivity contribution >= 4 is 5.96 Å². The Hall–Kier alpha value is -1.56. The molecular weight excluding hydrogens is 300 g/mol. The van der Waals surface area contributed by atoms with Crippen molar-refractivity contribution in [3.8, 4) is 0 Å². The first-order valence-corrected chi connectivity index (χ1v) is 9.35. The normalized spacial score (nSPS) is 22.1. The van der Waals surface area contributed by atoms with Gasteiger partial charge in [-0.2, -0.15) is 5.10 Å². The highest BCUT2D eigenvalue weighted by atomic mass is 15.3. The van der Waals surface area contributed by atoms with Crippen molar-refractivity contribution in [3.05, 3.63) is 17.5 Å². The fourth-order valence-corrected chi connectivity index (χ4v) is 3.60. The Bertz CT molecular complexity index is 560. The van der Waals surface area contributed by atoms with E-state index in [0.29, 0.717) is 0 Å². The van der Waals surface area contributed by atoms with Gasteiger partial charge in [0.05, 0.1) is 5.69 Å². The highest BCUT2D eigenvalue weighted by Gasteiger charge is 2.34. The number of rotatable bonds is 7. The summed E-state index contributed by atoms with van der Waals surface area (Å²) in [6, 6.07) is 3.03. The standard InChI is InChI=1S/C18H32N6/c1-14-11-15(2)24(22-14)9-4-8-20-18(19-3)21-12-16-7-10-23(13-16)17-5-6-17/h11,16-17H,4-10,12-13H2,1-3H3,(H2,19,20,21). The van der Waals surface area contributed by atoms with E-state index in [2.05, 4.69) is 43.3 Å². The third-order valence-corrected chi connectivity index (χ3v) is 5.10. The van der Waals surface area contributed by atoms with Crippen LogP contribution < -0.4 is 10.6 Å². The molecule has 0 radical (unpaired) electrons. The Morgan fingerprint density at radius 3 is 2.79 bits per heavy atom. The van der Waals surface area contributed by atoms with Crippen LogP contribution in [0.25, 0.3) is 0 Å². The maximum atomic E-state index is 4.50. The van der Waals surface area contributed by atoms with Crippen LogP contribution in [-0.4, -0.2) is 59.9 Å². The number of nitrogens with one attached hydrogen (secondary N) is 2. The Labute approximate surface area is 145 Å². The summed E-state index contributed by atoms with van der Waals surface area (Å²) in [5.41, 5.74) is 2.33. The molecule has 1 aromatic heterocycles. The Morgan fingerprint density at radius 2 is 2.12 bits per heavy atom. The Balaban J connectivity index is 1.31. The van der Waals surface area contributed by atoms with Gasteiger partial charge in [0.15, 0.2) is 5.96 Å². The van der Waals surface area contributed by atoms with Gasteiger partial charge in [-0.15, -0.1) is 0 Å². The van der Waals surface area contributed by atoms with Crippen LogP contribution in [-0.2, 0) is 6.54 Å². The summed E-state index contributed by atoms with van der Waals surface area (Å²) in [6.07, 6.45) is 5.19. The highest BCUT2D eigenvalue weighted by Crippen LogP contribution is 2.31. The SMILES string of the molecule is CN=C(NCCCn1nc(C)cc1C)NCC1CCN(C2CC2)C1. The molecule has 0 bridgehead atoms. The van der Waals surface area contributed by atoms with E-state index in [-0.39, 0.29) is 0 Å². The molecule has 1 saturated heterocycles. The molecule has 24 heavy (non-hydrogen) atoms. The smallest absolute Gasteiger partial charge is 0.190 e. The molecule has 134 valence electrons. The lowest BCUT2D eigenvalue weighted by atomic mass is 10.1. The molecule has 1 aliphatic heterocycles. The second-order valence-corrected chi connectivity index (χ2v) is 7.26. The zero-order valence-electron chi connectivity index (χ0n) is 15.4. The van der Waals surface area contributed by atoms with E-state index >= 15 is 0 Å². The van der Waals surface area contributed by atoms with Gasteiger partial charge in [0.1, 0.15) is 0 Å². The molecule has 0 amide bonds. The van der Waals surface area contributed by atoms with Gasteiger partial charge in [-0.25, -0.2) is 0 Å². The third kappa shape index (κ3) is 4.72. The van der Waals surface area contributed by atoms with Gasteiger partial charge < -0.3 is 15.5 Å². The molecule has 2 aliphatic rings. The molecule has 6 nitrogen and oxygen atoms in total. The van der Waals surface area contributed by atoms with Gasteiger partial charge in [0, 0.05) is 45.0 Å². The molecule has 2 heterocycles. The molecular formula is C18H32N6. The number of likely N-dealkylation sites (tertiary alicyclic amines) is 1. The monoisotopic (exact) mass is 332 g/mol. The van der Waals surface area contributed by atoms with Crippen LogP contribution in [0.2, 0.25) is 0 Å². The van der Waals surface area contributed by atoms with Crippen molar-refractivity contribution in [2.24, 2.45) is 10.9 Å². The van der Waals surface area contributed by atoms with Crippen LogP contribution in [0.3, 0.4) is 0 Å². The third-order valence-electron chi connectivity index (χ3n) is 5.10. The van der Waals surface area contributed by atoms with Crippen molar-refractivity contribution < 1.29 is 0 Å². The van der Waals surface area contributed by atoms with Gasteiger partial charge >= 0.3 is 0 Å². The summed E-state index contributed by atoms with van der Waals surface area (Å²) >= 11 is 0. The molecule has 1 aromatic rings. The minimum atomic E-state index is 0.763. The number of hydrogen-bond acceptors (Lipinski definition) is 3. The van der Waals surface area contributed by atoms with Crippen LogP contribution in [0.15, 0.2) is 11.1 Å². The second kappa shape index (κ2) is 8.01. The van der Waals surface area contributed by atoms with Gasteiger partial charge in [0.25, 0.3) is 0 Å². The summed E-state index contributed by atoms with van der Waals surface area (Å²) in [7, 11) is 1.85. The molecule has 1 unspecified atom stereocenters.